The van der Waals surface area contributed by atoms with Crippen LogP contribution in [0, 0.1) is 5.92 Å². The van der Waals surface area contributed by atoms with Crippen LogP contribution in [0.15, 0.2) is 0 Å². The van der Waals surface area contributed by atoms with Crippen LogP contribution in [0.5, 0.6) is 0 Å². The Morgan fingerprint density at radius 1 is 1.54 bits per heavy atom. The van der Waals surface area contributed by atoms with Gasteiger partial charge in [-0.05, 0) is 0 Å². The van der Waals surface area contributed by atoms with Crippen LogP contribution >= 0.6 is 22.6 Å². The molecule has 0 saturated carbocycles. The number of halogens is 1. The maximum absolute atomic E-state index is 11.1. The van der Waals surface area contributed by atoms with Gasteiger partial charge in [0.05, 0.1) is 9.97 Å². The molecule has 2 saturated heterocycles. The van der Waals surface area contributed by atoms with Gasteiger partial charge in [0.2, 0.25) is 5.91 Å². The Balaban J connectivity index is 2.08. The second kappa shape index (κ2) is 3.68. The third kappa shape index (κ3) is 1.67. The van der Waals surface area contributed by atoms with Gasteiger partial charge < -0.3 is 5.73 Å². The van der Waals surface area contributed by atoms with Gasteiger partial charge in [0, 0.05) is 19.6 Å². The molecule has 0 aromatic rings. The summed E-state index contributed by atoms with van der Waals surface area (Å²) in [6.07, 6.45) is 0.234. The van der Waals surface area contributed by atoms with Crippen molar-refractivity contribution in [3.8, 4) is 0 Å². The maximum Gasteiger partial charge on any atom is 0.224 e. The molecule has 0 radical (unpaired) electrons. The lowest BCUT2D eigenvalue weighted by Gasteiger charge is -2.38. The van der Waals surface area contributed by atoms with Gasteiger partial charge in [0.15, 0.2) is 0 Å². The Hall–Kier alpha value is 0.0800. The Morgan fingerprint density at radius 2 is 2.31 bits per heavy atom. The van der Waals surface area contributed by atoms with Gasteiger partial charge >= 0.3 is 0 Å². The molecule has 6 heteroatoms. The van der Waals surface area contributed by atoms with Crippen molar-refractivity contribution in [3.63, 3.8) is 0 Å². The van der Waals surface area contributed by atoms with Gasteiger partial charge in [-0.1, -0.05) is 22.6 Å². The van der Waals surface area contributed by atoms with E-state index < -0.39 is 0 Å². The number of carbonyl (C=O) groups is 1. The van der Waals surface area contributed by atoms with Crippen molar-refractivity contribution in [1.29, 1.82) is 0 Å². The van der Waals surface area contributed by atoms with E-state index >= 15 is 0 Å². The number of amides is 1. The lowest BCUT2D eigenvalue weighted by atomic mass is 10.1. The van der Waals surface area contributed by atoms with Crippen LogP contribution in [0.2, 0.25) is 0 Å². The molecule has 0 aliphatic carbocycles. The minimum atomic E-state index is -0.211. The molecule has 5 nitrogen and oxygen atoms in total. The molecule has 3 atom stereocenters. The highest BCUT2D eigenvalue weighted by atomic mass is 127. The molecule has 2 aliphatic heterocycles. The molecule has 2 heterocycles. The van der Waals surface area contributed by atoms with Crippen molar-refractivity contribution in [2.75, 3.05) is 19.6 Å². The first-order valence-electron chi connectivity index (χ1n) is 4.36. The van der Waals surface area contributed by atoms with E-state index in [0.29, 0.717) is 6.54 Å². The smallest absolute Gasteiger partial charge is 0.224 e. The number of alkyl halides is 1. The zero-order valence-corrected chi connectivity index (χ0v) is 9.32. The zero-order chi connectivity index (χ0) is 9.42. The predicted octanol–water partition coefficient (Wildman–Crippen LogP) is -1.36. The van der Waals surface area contributed by atoms with Crippen molar-refractivity contribution < 1.29 is 4.79 Å². The molecule has 74 valence electrons. The number of fused-ring (bicyclic) bond motifs is 1. The molecule has 0 bridgehead atoms. The number of rotatable bonds is 1. The molecule has 1 amide bonds. The van der Waals surface area contributed by atoms with Crippen LogP contribution in [0.25, 0.3) is 0 Å². The first kappa shape index (κ1) is 9.63. The third-order valence-electron chi connectivity index (χ3n) is 2.58. The number of nitrogens with one attached hydrogen (secondary N) is 2. The standard InChI is InChI=1S/C7H13IN4O/c8-5-4(6(9)13)3-11-7-10-1-2-12(5)7/h4-5,7,10-11H,1-3H2,(H2,9,13). The van der Waals surface area contributed by atoms with E-state index in [1.165, 1.54) is 0 Å². The van der Waals surface area contributed by atoms with Gasteiger partial charge in [0.1, 0.15) is 6.29 Å². The summed E-state index contributed by atoms with van der Waals surface area (Å²) in [7, 11) is 0. The van der Waals surface area contributed by atoms with E-state index in [0.717, 1.165) is 13.1 Å². The Kier molecular flexibility index (Phi) is 2.72. The fraction of sp³-hybridized carbons (Fsp3) is 0.857. The highest BCUT2D eigenvalue weighted by Crippen LogP contribution is 2.24. The van der Waals surface area contributed by atoms with Crippen molar-refractivity contribution in [2.45, 2.75) is 10.3 Å². The molecule has 2 aliphatic rings. The molecule has 0 aromatic heterocycles. The molecule has 2 fully saturated rings. The van der Waals surface area contributed by atoms with Crippen molar-refractivity contribution >= 4 is 28.5 Å². The Bertz CT molecular complexity index is 225. The number of nitrogens with two attached hydrogens (primary N) is 1. The average Bonchev–Trinajstić information content (AvgIpc) is 2.52. The molecule has 2 rings (SSSR count). The van der Waals surface area contributed by atoms with E-state index in [2.05, 4.69) is 38.1 Å². The van der Waals surface area contributed by atoms with Gasteiger partial charge in [0.25, 0.3) is 0 Å². The molecule has 4 N–H and O–H groups in total. The van der Waals surface area contributed by atoms with Gasteiger partial charge in [-0.25, -0.2) is 0 Å². The van der Waals surface area contributed by atoms with Crippen LogP contribution < -0.4 is 16.4 Å². The Morgan fingerprint density at radius 3 is 3.00 bits per heavy atom. The number of carbonyl (C=O) groups excluding carboxylic acids is 1. The first-order valence-corrected chi connectivity index (χ1v) is 5.60. The van der Waals surface area contributed by atoms with Crippen LogP contribution in [0.3, 0.4) is 0 Å². The summed E-state index contributed by atoms with van der Waals surface area (Å²) in [6.45, 7) is 2.63. The van der Waals surface area contributed by atoms with Crippen molar-refractivity contribution in [2.24, 2.45) is 11.7 Å². The maximum atomic E-state index is 11.1. The fourth-order valence-electron chi connectivity index (χ4n) is 1.84. The number of primary amides is 1. The molecule has 0 aromatic carbocycles. The van der Waals surface area contributed by atoms with E-state index in [1.54, 1.807) is 0 Å². The number of nitrogens with zero attached hydrogens (tertiary/aromatic N) is 1. The van der Waals surface area contributed by atoms with Crippen LogP contribution in [-0.2, 0) is 4.79 Å². The Labute approximate surface area is 90.5 Å². The van der Waals surface area contributed by atoms with Crippen molar-refractivity contribution in [3.05, 3.63) is 0 Å². The third-order valence-corrected chi connectivity index (χ3v) is 4.17. The van der Waals surface area contributed by atoms with Gasteiger partial charge in [-0.2, -0.15) is 0 Å². The van der Waals surface area contributed by atoms with Crippen LogP contribution in [0.4, 0.5) is 0 Å². The summed E-state index contributed by atoms with van der Waals surface area (Å²) < 4.78 is 0.219. The SMILES string of the molecule is NC(=O)C1CNC2NCCN2C1I. The molecule has 13 heavy (non-hydrogen) atoms. The number of hydrogen-bond donors (Lipinski definition) is 3. The second-order valence-corrected chi connectivity index (χ2v) is 4.66. The van der Waals surface area contributed by atoms with Crippen LogP contribution in [-0.4, -0.2) is 40.8 Å². The summed E-state index contributed by atoms with van der Waals surface area (Å²) in [5, 5.41) is 6.56. The lowest BCUT2D eigenvalue weighted by molar-refractivity contribution is -0.123. The van der Waals surface area contributed by atoms with E-state index in [9.17, 15) is 4.79 Å². The van der Waals surface area contributed by atoms with Crippen molar-refractivity contribution in [1.82, 2.24) is 15.5 Å². The van der Waals surface area contributed by atoms with Gasteiger partial charge in [-0.3, -0.25) is 20.3 Å². The van der Waals surface area contributed by atoms with E-state index in [-0.39, 0.29) is 22.2 Å². The topological polar surface area (TPSA) is 70.4 Å². The highest BCUT2D eigenvalue weighted by Gasteiger charge is 2.40. The fourth-order valence-corrected chi connectivity index (χ4v) is 3.04. The molecular weight excluding hydrogens is 283 g/mol. The monoisotopic (exact) mass is 296 g/mol. The molecule has 3 unspecified atom stereocenters. The normalized spacial score (nSPS) is 40.2. The zero-order valence-electron chi connectivity index (χ0n) is 7.16. The van der Waals surface area contributed by atoms with E-state index in [4.69, 9.17) is 5.73 Å². The largest absolute Gasteiger partial charge is 0.369 e. The number of hydrogen-bond acceptors (Lipinski definition) is 4. The lowest BCUT2D eigenvalue weighted by Crippen LogP contribution is -2.61. The first-order chi connectivity index (χ1) is 6.20. The van der Waals surface area contributed by atoms with E-state index in [1.807, 2.05) is 0 Å². The summed E-state index contributed by atoms with van der Waals surface area (Å²) in [4.78, 5) is 13.3. The quantitative estimate of drug-likeness (QED) is 0.318. The van der Waals surface area contributed by atoms with Gasteiger partial charge in [-0.15, -0.1) is 0 Å². The summed E-state index contributed by atoms with van der Waals surface area (Å²) in [5.74, 6) is -0.283. The average molecular weight is 296 g/mol. The molecule has 0 spiro atoms. The second-order valence-electron chi connectivity index (χ2n) is 3.38. The summed E-state index contributed by atoms with van der Waals surface area (Å²) in [5.41, 5.74) is 5.31. The van der Waals surface area contributed by atoms with Crippen LogP contribution in [0.1, 0.15) is 0 Å². The minimum absolute atomic E-state index is 0.0725. The summed E-state index contributed by atoms with van der Waals surface area (Å²) in [6, 6.07) is 0. The molecular formula is C7H13IN4O. The predicted molar refractivity (Wildman–Crippen MR) is 57.0 cm³/mol. The highest BCUT2D eigenvalue weighted by molar-refractivity contribution is 14.1. The summed E-state index contributed by atoms with van der Waals surface area (Å²) >= 11 is 2.30. The minimum Gasteiger partial charge on any atom is -0.369 e.